The summed E-state index contributed by atoms with van der Waals surface area (Å²) in [5, 5.41) is 0.595. The van der Waals surface area contributed by atoms with Crippen molar-refractivity contribution in [2.75, 3.05) is 19.8 Å². The Morgan fingerprint density at radius 3 is 2.11 bits per heavy atom. The summed E-state index contributed by atoms with van der Waals surface area (Å²) >= 11 is 5.89. The minimum atomic E-state index is -0.402. The van der Waals surface area contributed by atoms with Gasteiger partial charge in [0.15, 0.2) is 0 Å². The number of hydrogen-bond acceptors (Lipinski definition) is 5. The first-order chi connectivity index (χ1) is 12.8. The Morgan fingerprint density at radius 2 is 1.63 bits per heavy atom. The van der Waals surface area contributed by atoms with Crippen LogP contribution in [0.15, 0.2) is 24.3 Å². The molecule has 0 aromatic heterocycles. The SMILES string of the molecule is CC(C)CC1OCC2(COC(=O)c3ccc(Cl)cc3)COC(CC(C)C)N12. The zero-order valence-electron chi connectivity index (χ0n) is 16.6. The van der Waals surface area contributed by atoms with Crippen molar-refractivity contribution in [1.82, 2.24) is 4.90 Å². The van der Waals surface area contributed by atoms with Crippen molar-refractivity contribution in [1.29, 1.82) is 0 Å². The number of halogens is 1. The van der Waals surface area contributed by atoms with Crippen molar-refractivity contribution in [2.45, 2.75) is 58.5 Å². The van der Waals surface area contributed by atoms with Crippen LogP contribution in [0, 0.1) is 11.8 Å². The van der Waals surface area contributed by atoms with E-state index in [0.717, 1.165) is 12.8 Å². The summed E-state index contributed by atoms with van der Waals surface area (Å²) in [7, 11) is 0. The lowest BCUT2D eigenvalue weighted by molar-refractivity contribution is -0.0739. The van der Waals surface area contributed by atoms with Crippen LogP contribution in [-0.2, 0) is 14.2 Å². The summed E-state index contributed by atoms with van der Waals surface area (Å²) in [6, 6.07) is 6.74. The van der Waals surface area contributed by atoms with Gasteiger partial charge in [0.25, 0.3) is 0 Å². The van der Waals surface area contributed by atoms with Gasteiger partial charge in [0, 0.05) is 5.02 Å². The first-order valence-electron chi connectivity index (χ1n) is 9.75. The quantitative estimate of drug-likeness (QED) is 0.642. The molecular formula is C21H30ClNO4. The number of ether oxygens (including phenoxy) is 3. The van der Waals surface area contributed by atoms with E-state index in [1.165, 1.54) is 0 Å². The smallest absolute Gasteiger partial charge is 0.338 e. The van der Waals surface area contributed by atoms with Gasteiger partial charge in [-0.15, -0.1) is 0 Å². The highest BCUT2D eigenvalue weighted by atomic mass is 35.5. The number of benzene rings is 1. The van der Waals surface area contributed by atoms with Gasteiger partial charge < -0.3 is 14.2 Å². The van der Waals surface area contributed by atoms with Gasteiger partial charge >= 0.3 is 5.97 Å². The van der Waals surface area contributed by atoms with Gasteiger partial charge in [0.05, 0.1) is 18.8 Å². The van der Waals surface area contributed by atoms with Crippen molar-refractivity contribution >= 4 is 17.6 Å². The topological polar surface area (TPSA) is 48.0 Å². The number of esters is 1. The molecule has 27 heavy (non-hydrogen) atoms. The van der Waals surface area contributed by atoms with Gasteiger partial charge in [-0.25, -0.2) is 9.69 Å². The first-order valence-corrected chi connectivity index (χ1v) is 10.1. The number of carbonyl (C=O) groups is 1. The van der Waals surface area contributed by atoms with Crippen LogP contribution < -0.4 is 0 Å². The summed E-state index contributed by atoms with van der Waals surface area (Å²) in [6.07, 6.45) is 1.88. The normalized spacial score (nSPS) is 28.1. The van der Waals surface area contributed by atoms with Crippen LogP contribution in [0.3, 0.4) is 0 Å². The van der Waals surface area contributed by atoms with Gasteiger partial charge in [0.1, 0.15) is 24.6 Å². The predicted octanol–water partition coefficient (Wildman–Crippen LogP) is 4.34. The van der Waals surface area contributed by atoms with Crippen molar-refractivity contribution < 1.29 is 19.0 Å². The Morgan fingerprint density at radius 1 is 1.11 bits per heavy atom. The molecule has 0 N–H and O–H groups in total. The van der Waals surface area contributed by atoms with E-state index in [1.54, 1.807) is 24.3 Å². The molecule has 2 unspecified atom stereocenters. The van der Waals surface area contributed by atoms with Crippen LogP contribution in [-0.4, -0.2) is 48.7 Å². The van der Waals surface area contributed by atoms with Crippen molar-refractivity contribution in [3.8, 4) is 0 Å². The highest BCUT2D eigenvalue weighted by Crippen LogP contribution is 2.40. The molecule has 0 amide bonds. The number of hydrogen-bond donors (Lipinski definition) is 0. The molecule has 2 aliphatic heterocycles. The third-order valence-corrected chi connectivity index (χ3v) is 5.41. The highest BCUT2D eigenvalue weighted by molar-refractivity contribution is 6.30. The molecule has 2 fully saturated rings. The van der Waals surface area contributed by atoms with Crippen LogP contribution in [0.2, 0.25) is 5.02 Å². The van der Waals surface area contributed by atoms with E-state index < -0.39 is 5.54 Å². The zero-order valence-corrected chi connectivity index (χ0v) is 17.4. The molecule has 0 aliphatic carbocycles. The predicted molar refractivity (Wildman–Crippen MR) is 105 cm³/mol. The molecule has 6 heteroatoms. The second-order valence-corrected chi connectivity index (χ2v) is 8.94. The highest BCUT2D eigenvalue weighted by Gasteiger charge is 2.56. The van der Waals surface area contributed by atoms with Crippen LogP contribution in [0.5, 0.6) is 0 Å². The van der Waals surface area contributed by atoms with Gasteiger partial charge in [-0.05, 0) is 48.9 Å². The monoisotopic (exact) mass is 395 g/mol. The van der Waals surface area contributed by atoms with E-state index in [2.05, 4.69) is 32.6 Å². The van der Waals surface area contributed by atoms with Gasteiger partial charge in [-0.3, -0.25) is 0 Å². The lowest BCUT2D eigenvalue weighted by Gasteiger charge is -2.34. The largest absolute Gasteiger partial charge is 0.460 e. The summed E-state index contributed by atoms with van der Waals surface area (Å²) in [5.41, 5.74) is 0.0962. The Labute approximate surface area is 166 Å². The molecule has 150 valence electrons. The minimum absolute atomic E-state index is 0.00508. The van der Waals surface area contributed by atoms with Crippen LogP contribution in [0.25, 0.3) is 0 Å². The average Bonchev–Trinajstić information content (AvgIpc) is 3.12. The van der Waals surface area contributed by atoms with E-state index in [9.17, 15) is 4.79 Å². The molecular weight excluding hydrogens is 366 g/mol. The third kappa shape index (κ3) is 4.65. The number of fused-ring (bicyclic) bond motifs is 1. The lowest BCUT2D eigenvalue weighted by Crippen LogP contribution is -2.52. The molecule has 1 aromatic rings. The second kappa shape index (κ2) is 8.48. The summed E-state index contributed by atoms with van der Waals surface area (Å²) < 4.78 is 18.0. The van der Waals surface area contributed by atoms with E-state index >= 15 is 0 Å². The molecule has 2 atom stereocenters. The molecule has 2 heterocycles. The third-order valence-electron chi connectivity index (χ3n) is 5.15. The molecule has 0 saturated carbocycles. The molecule has 2 saturated heterocycles. The fourth-order valence-corrected chi connectivity index (χ4v) is 3.97. The average molecular weight is 396 g/mol. The van der Waals surface area contributed by atoms with Crippen LogP contribution in [0.4, 0.5) is 0 Å². The summed E-state index contributed by atoms with van der Waals surface area (Å²) in [4.78, 5) is 14.8. The van der Waals surface area contributed by atoms with Crippen LogP contribution in [0.1, 0.15) is 50.9 Å². The number of carbonyl (C=O) groups excluding carboxylic acids is 1. The van der Waals surface area contributed by atoms with Crippen LogP contribution >= 0.6 is 11.6 Å². The van der Waals surface area contributed by atoms with E-state index in [1.807, 2.05) is 0 Å². The van der Waals surface area contributed by atoms with Crippen molar-refractivity contribution in [3.63, 3.8) is 0 Å². The molecule has 0 bridgehead atoms. The van der Waals surface area contributed by atoms with Crippen molar-refractivity contribution in [3.05, 3.63) is 34.9 Å². The summed E-state index contributed by atoms with van der Waals surface area (Å²) in [6.45, 7) is 10.1. The van der Waals surface area contributed by atoms with E-state index in [4.69, 9.17) is 25.8 Å². The standard InChI is InChI=1S/C21H30ClNO4/c1-14(2)9-18-23-19(10-15(3)4)26-12-21(23,11-25-18)13-27-20(24)16-5-7-17(22)8-6-16/h5-8,14-15,18-19H,9-13H2,1-4H3. The number of nitrogens with zero attached hydrogens (tertiary/aromatic N) is 1. The van der Waals surface area contributed by atoms with E-state index in [-0.39, 0.29) is 25.0 Å². The lowest BCUT2D eigenvalue weighted by atomic mass is 10.00. The maximum Gasteiger partial charge on any atom is 0.338 e. The van der Waals surface area contributed by atoms with Gasteiger partial charge in [-0.1, -0.05) is 39.3 Å². The maximum atomic E-state index is 12.5. The fourth-order valence-electron chi connectivity index (χ4n) is 3.85. The minimum Gasteiger partial charge on any atom is -0.460 e. The Balaban J connectivity index is 1.71. The Hall–Kier alpha value is -1.14. The fraction of sp³-hybridized carbons (Fsp3) is 0.667. The molecule has 2 aliphatic rings. The Bertz CT molecular complexity index is 624. The number of rotatable bonds is 7. The first kappa shape index (κ1) is 20.6. The van der Waals surface area contributed by atoms with Gasteiger partial charge in [-0.2, -0.15) is 0 Å². The molecule has 1 aromatic carbocycles. The molecule has 3 rings (SSSR count). The molecule has 0 spiro atoms. The van der Waals surface area contributed by atoms with Crippen molar-refractivity contribution in [2.24, 2.45) is 11.8 Å². The van der Waals surface area contributed by atoms with E-state index in [0.29, 0.717) is 35.6 Å². The van der Waals surface area contributed by atoms with Gasteiger partial charge in [0.2, 0.25) is 0 Å². The second-order valence-electron chi connectivity index (χ2n) is 8.51. The molecule has 0 radical (unpaired) electrons. The summed E-state index contributed by atoms with van der Waals surface area (Å²) in [5.74, 6) is 0.686. The Kier molecular flexibility index (Phi) is 6.46. The molecule has 5 nitrogen and oxygen atoms in total. The zero-order chi connectivity index (χ0) is 19.6. The maximum absolute atomic E-state index is 12.5.